The van der Waals surface area contributed by atoms with E-state index >= 15 is 0 Å². The quantitative estimate of drug-likeness (QED) is 0.750. The first-order valence-electron chi connectivity index (χ1n) is 8.47. The third kappa shape index (κ3) is 4.82. The van der Waals surface area contributed by atoms with Crippen LogP contribution in [0.3, 0.4) is 0 Å². The number of aromatic nitrogens is 2. The predicted molar refractivity (Wildman–Crippen MR) is 95.7 cm³/mol. The number of benzene rings is 1. The molecule has 1 aliphatic rings. The molecule has 0 spiro atoms. The Morgan fingerprint density at radius 1 is 1.19 bits per heavy atom. The molecule has 0 bridgehead atoms. The zero-order chi connectivity index (χ0) is 18.2. The highest BCUT2D eigenvalue weighted by molar-refractivity contribution is 5.92. The predicted octanol–water partition coefficient (Wildman–Crippen LogP) is 1.45. The van der Waals surface area contributed by atoms with Gasteiger partial charge >= 0.3 is 0 Å². The van der Waals surface area contributed by atoms with Crippen molar-refractivity contribution < 1.29 is 19.0 Å². The molecule has 0 aliphatic carbocycles. The second kappa shape index (κ2) is 9.00. The lowest BCUT2D eigenvalue weighted by Crippen LogP contribution is -2.41. The van der Waals surface area contributed by atoms with E-state index in [0.717, 1.165) is 11.5 Å². The molecule has 2 heterocycles. The topological polar surface area (TPSA) is 85.8 Å². The number of hydrogen-bond acceptors (Lipinski definition) is 7. The molecule has 1 aromatic carbocycles. The van der Waals surface area contributed by atoms with Crippen molar-refractivity contribution in [1.82, 2.24) is 14.9 Å². The minimum absolute atomic E-state index is 0.103. The molecule has 2 aromatic rings. The fourth-order valence-electron chi connectivity index (χ4n) is 2.50. The van der Waals surface area contributed by atoms with Crippen LogP contribution in [0.15, 0.2) is 36.5 Å². The summed E-state index contributed by atoms with van der Waals surface area (Å²) in [7, 11) is 1.62. The van der Waals surface area contributed by atoms with Gasteiger partial charge in [0.1, 0.15) is 23.8 Å². The number of hydrogen-bond donors (Lipinski definition) is 1. The number of carbonyl (C=O) groups is 1. The number of anilines is 1. The second-order valence-electron chi connectivity index (χ2n) is 5.62. The number of carbonyl (C=O) groups excluding carboxylic acids is 1. The Labute approximate surface area is 152 Å². The van der Waals surface area contributed by atoms with Gasteiger partial charge < -0.3 is 24.4 Å². The second-order valence-corrected chi connectivity index (χ2v) is 5.62. The van der Waals surface area contributed by atoms with Gasteiger partial charge in [-0.15, -0.1) is 0 Å². The largest absolute Gasteiger partial charge is 0.497 e. The molecule has 1 fully saturated rings. The van der Waals surface area contributed by atoms with E-state index in [4.69, 9.17) is 14.2 Å². The minimum Gasteiger partial charge on any atom is -0.497 e. The van der Waals surface area contributed by atoms with E-state index in [-0.39, 0.29) is 5.91 Å². The van der Waals surface area contributed by atoms with Crippen molar-refractivity contribution in [2.45, 2.75) is 0 Å². The molecule has 1 saturated heterocycles. The lowest BCUT2D eigenvalue weighted by atomic mass is 10.3. The monoisotopic (exact) mass is 358 g/mol. The van der Waals surface area contributed by atoms with Crippen LogP contribution in [0.25, 0.3) is 0 Å². The molecule has 1 amide bonds. The van der Waals surface area contributed by atoms with E-state index in [1.807, 2.05) is 24.3 Å². The first-order valence-corrected chi connectivity index (χ1v) is 8.47. The van der Waals surface area contributed by atoms with E-state index in [9.17, 15) is 4.79 Å². The van der Waals surface area contributed by atoms with Crippen LogP contribution in [-0.4, -0.2) is 67.3 Å². The summed E-state index contributed by atoms with van der Waals surface area (Å²) in [5.41, 5.74) is 0.375. The van der Waals surface area contributed by atoms with Crippen LogP contribution in [0.1, 0.15) is 10.5 Å². The zero-order valence-corrected chi connectivity index (χ0v) is 14.7. The van der Waals surface area contributed by atoms with Gasteiger partial charge in [-0.3, -0.25) is 4.79 Å². The maximum Gasteiger partial charge on any atom is 0.272 e. The summed E-state index contributed by atoms with van der Waals surface area (Å²) in [6.07, 6.45) is 1.58. The van der Waals surface area contributed by atoms with Gasteiger partial charge in [-0.1, -0.05) is 0 Å². The van der Waals surface area contributed by atoms with E-state index in [1.54, 1.807) is 24.3 Å². The zero-order valence-electron chi connectivity index (χ0n) is 14.7. The highest BCUT2D eigenvalue weighted by atomic mass is 16.5. The van der Waals surface area contributed by atoms with Crippen LogP contribution < -0.4 is 14.8 Å². The number of ether oxygens (including phenoxy) is 3. The molecule has 138 valence electrons. The van der Waals surface area contributed by atoms with E-state index in [1.165, 1.54) is 0 Å². The van der Waals surface area contributed by atoms with Crippen LogP contribution in [0.4, 0.5) is 5.95 Å². The van der Waals surface area contributed by atoms with Crippen molar-refractivity contribution in [3.05, 3.63) is 42.2 Å². The van der Waals surface area contributed by atoms with Crippen molar-refractivity contribution in [1.29, 1.82) is 0 Å². The molecule has 0 atom stereocenters. The Kier molecular flexibility index (Phi) is 6.21. The van der Waals surface area contributed by atoms with Crippen LogP contribution in [0.2, 0.25) is 0 Å². The highest BCUT2D eigenvalue weighted by Gasteiger charge is 2.19. The lowest BCUT2D eigenvalue weighted by molar-refractivity contribution is 0.0299. The smallest absolute Gasteiger partial charge is 0.272 e. The molecular weight excluding hydrogens is 336 g/mol. The molecule has 1 aliphatic heterocycles. The van der Waals surface area contributed by atoms with Crippen molar-refractivity contribution >= 4 is 11.9 Å². The molecule has 26 heavy (non-hydrogen) atoms. The maximum atomic E-state index is 12.4. The average molecular weight is 358 g/mol. The van der Waals surface area contributed by atoms with Crippen molar-refractivity contribution in [2.24, 2.45) is 0 Å². The fourth-order valence-corrected chi connectivity index (χ4v) is 2.50. The number of nitrogens with zero attached hydrogens (tertiary/aromatic N) is 3. The van der Waals surface area contributed by atoms with Crippen molar-refractivity contribution in [3.8, 4) is 11.5 Å². The van der Waals surface area contributed by atoms with E-state index in [0.29, 0.717) is 51.1 Å². The van der Waals surface area contributed by atoms with Gasteiger partial charge in [-0.2, -0.15) is 0 Å². The molecule has 1 N–H and O–H groups in total. The molecule has 8 nitrogen and oxygen atoms in total. The van der Waals surface area contributed by atoms with Gasteiger partial charge in [0.2, 0.25) is 5.95 Å². The Balaban J connectivity index is 1.48. The van der Waals surface area contributed by atoms with E-state index < -0.39 is 0 Å². The van der Waals surface area contributed by atoms with Crippen LogP contribution in [0.5, 0.6) is 11.5 Å². The van der Waals surface area contributed by atoms with Crippen molar-refractivity contribution in [2.75, 3.05) is 51.9 Å². The normalized spacial score (nSPS) is 14.0. The van der Waals surface area contributed by atoms with Crippen LogP contribution in [-0.2, 0) is 4.74 Å². The standard InChI is InChI=1S/C18H22N4O4/c1-24-14-2-4-15(5-3-14)26-11-8-20-18-19-7-6-16(21-18)17(23)22-9-12-25-13-10-22/h2-7H,8-13H2,1H3,(H,19,20,21). The SMILES string of the molecule is COc1ccc(OCCNc2nccc(C(=O)N3CCOCC3)n2)cc1. The summed E-state index contributed by atoms with van der Waals surface area (Å²) in [6, 6.07) is 8.99. The first-order chi connectivity index (χ1) is 12.8. The Hall–Kier alpha value is -2.87. The first kappa shape index (κ1) is 17.9. The van der Waals surface area contributed by atoms with Gasteiger partial charge in [0.25, 0.3) is 5.91 Å². The Bertz CT molecular complexity index is 717. The summed E-state index contributed by atoms with van der Waals surface area (Å²) < 4.78 is 16.0. The molecule has 0 unspecified atom stereocenters. The van der Waals surface area contributed by atoms with Gasteiger partial charge in [0.15, 0.2) is 0 Å². The summed E-state index contributed by atoms with van der Waals surface area (Å²) in [6.45, 7) is 3.25. The number of morpholine rings is 1. The Morgan fingerprint density at radius 3 is 2.65 bits per heavy atom. The summed E-state index contributed by atoms with van der Waals surface area (Å²) in [5.74, 6) is 1.84. The molecule has 3 rings (SSSR count). The van der Waals surface area contributed by atoms with Gasteiger partial charge in [-0.05, 0) is 30.3 Å². The van der Waals surface area contributed by atoms with E-state index in [2.05, 4.69) is 15.3 Å². The number of nitrogens with one attached hydrogen (secondary N) is 1. The minimum atomic E-state index is -0.103. The van der Waals surface area contributed by atoms with Crippen molar-refractivity contribution in [3.63, 3.8) is 0 Å². The number of amides is 1. The fraction of sp³-hybridized carbons (Fsp3) is 0.389. The Morgan fingerprint density at radius 2 is 1.92 bits per heavy atom. The molecule has 1 aromatic heterocycles. The van der Waals surface area contributed by atoms with Gasteiger partial charge in [-0.25, -0.2) is 9.97 Å². The average Bonchev–Trinajstić information content (AvgIpc) is 2.72. The van der Waals surface area contributed by atoms with Gasteiger partial charge in [0, 0.05) is 19.3 Å². The van der Waals surface area contributed by atoms with Crippen LogP contribution in [0, 0.1) is 0 Å². The number of methoxy groups -OCH3 is 1. The lowest BCUT2D eigenvalue weighted by Gasteiger charge is -2.26. The molecule has 0 saturated carbocycles. The summed E-state index contributed by atoms with van der Waals surface area (Å²) in [5, 5.41) is 3.07. The third-order valence-electron chi connectivity index (χ3n) is 3.89. The maximum absolute atomic E-state index is 12.4. The summed E-state index contributed by atoms with van der Waals surface area (Å²) >= 11 is 0. The highest BCUT2D eigenvalue weighted by Crippen LogP contribution is 2.16. The number of rotatable bonds is 7. The molecular formula is C18H22N4O4. The third-order valence-corrected chi connectivity index (χ3v) is 3.89. The van der Waals surface area contributed by atoms with Crippen LogP contribution >= 0.6 is 0 Å². The summed E-state index contributed by atoms with van der Waals surface area (Å²) in [4.78, 5) is 22.6. The molecule has 8 heteroatoms. The van der Waals surface area contributed by atoms with Gasteiger partial charge in [0.05, 0.1) is 26.9 Å². The molecule has 0 radical (unpaired) electrons.